The molecule has 1 saturated heterocycles. The van der Waals surface area contributed by atoms with Gasteiger partial charge in [0.2, 0.25) is 11.7 Å². The number of aromatic nitrogens is 4. The average Bonchev–Trinajstić information content (AvgIpc) is 3.44. The molecule has 0 amide bonds. The molecule has 0 N–H and O–H groups in total. The van der Waals surface area contributed by atoms with E-state index in [0.29, 0.717) is 24.0 Å². The first-order valence-corrected chi connectivity index (χ1v) is 9.05. The molecule has 0 atom stereocenters. The molecule has 0 aliphatic carbocycles. The van der Waals surface area contributed by atoms with Crippen LogP contribution in [-0.2, 0) is 6.54 Å². The standard InChI is InChI=1S/C20H18FN5O/c21-15-4-3-14-7-10-26(18(14)11-15)13-19-23-20(24-27-19)17-6-5-16(12-22-17)25-8-1-2-9-25/h3-7,10-12H,1-2,8-9,13H2. The smallest absolute Gasteiger partial charge is 0.246 e. The summed E-state index contributed by atoms with van der Waals surface area (Å²) in [6.07, 6.45) is 6.21. The summed E-state index contributed by atoms with van der Waals surface area (Å²) in [5.74, 6) is 0.647. The normalized spacial score (nSPS) is 14.3. The molecule has 7 heteroatoms. The van der Waals surface area contributed by atoms with Gasteiger partial charge in [-0.25, -0.2) is 4.39 Å². The van der Waals surface area contributed by atoms with Crippen LogP contribution in [-0.4, -0.2) is 32.8 Å². The molecule has 27 heavy (non-hydrogen) atoms. The molecule has 4 aromatic rings. The van der Waals surface area contributed by atoms with Crippen molar-refractivity contribution in [1.29, 1.82) is 0 Å². The minimum absolute atomic E-state index is 0.268. The van der Waals surface area contributed by atoms with Gasteiger partial charge in [0.05, 0.1) is 17.4 Å². The summed E-state index contributed by atoms with van der Waals surface area (Å²) in [5.41, 5.74) is 2.60. The van der Waals surface area contributed by atoms with Crippen molar-refractivity contribution >= 4 is 16.6 Å². The summed E-state index contributed by atoms with van der Waals surface area (Å²) in [4.78, 5) is 11.3. The van der Waals surface area contributed by atoms with E-state index in [4.69, 9.17) is 4.52 Å². The Hall–Kier alpha value is -3.22. The highest BCUT2D eigenvalue weighted by Gasteiger charge is 2.15. The number of rotatable bonds is 4. The van der Waals surface area contributed by atoms with Crippen LogP contribution in [0.5, 0.6) is 0 Å². The Kier molecular flexibility index (Phi) is 3.85. The molecule has 4 heterocycles. The highest BCUT2D eigenvalue weighted by Crippen LogP contribution is 2.22. The Morgan fingerprint density at radius 2 is 1.96 bits per heavy atom. The molecule has 0 saturated carbocycles. The van der Waals surface area contributed by atoms with Crippen molar-refractivity contribution in [3.05, 3.63) is 60.5 Å². The van der Waals surface area contributed by atoms with Crippen LogP contribution in [0.4, 0.5) is 10.1 Å². The molecule has 136 valence electrons. The van der Waals surface area contributed by atoms with E-state index >= 15 is 0 Å². The monoisotopic (exact) mass is 363 g/mol. The molecule has 0 bridgehead atoms. The molecule has 1 aliphatic heterocycles. The van der Waals surface area contributed by atoms with Gasteiger partial charge >= 0.3 is 0 Å². The Morgan fingerprint density at radius 3 is 2.78 bits per heavy atom. The molecule has 1 aliphatic rings. The van der Waals surface area contributed by atoms with Crippen LogP contribution in [0, 0.1) is 5.82 Å². The molecule has 0 radical (unpaired) electrons. The van der Waals surface area contributed by atoms with Gasteiger partial charge < -0.3 is 14.0 Å². The number of nitrogens with zero attached hydrogens (tertiary/aromatic N) is 5. The SMILES string of the molecule is Fc1ccc2ccn(Cc3nc(-c4ccc(N5CCCC5)cn4)no3)c2c1. The summed E-state index contributed by atoms with van der Waals surface area (Å²) >= 11 is 0. The van der Waals surface area contributed by atoms with Gasteiger partial charge in [0.25, 0.3) is 0 Å². The van der Waals surface area contributed by atoms with Gasteiger partial charge in [0.1, 0.15) is 18.1 Å². The summed E-state index contributed by atoms with van der Waals surface area (Å²) < 4.78 is 20.8. The zero-order chi connectivity index (χ0) is 18.2. The largest absolute Gasteiger partial charge is 0.370 e. The number of benzene rings is 1. The minimum atomic E-state index is -0.268. The lowest BCUT2D eigenvalue weighted by atomic mass is 10.2. The lowest BCUT2D eigenvalue weighted by Crippen LogP contribution is -2.17. The number of halogens is 1. The third-order valence-electron chi connectivity index (χ3n) is 4.96. The Balaban J connectivity index is 1.37. The summed E-state index contributed by atoms with van der Waals surface area (Å²) in [5, 5.41) is 5.01. The van der Waals surface area contributed by atoms with Gasteiger partial charge in [-0.3, -0.25) is 4.98 Å². The molecule has 1 fully saturated rings. The van der Waals surface area contributed by atoms with Crippen molar-refractivity contribution in [3.63, 3.8) is 0 Å². The molecule has 6 nitrogen and oxygen atoms in total. The van der Waals surface area contributed by atoms with E-state index in [0.717, 1.165) is 29.7 Å². The Bertz CT molecular complexity index is 1080. The molecule has 3 aromatic heterocycles. The lowest BCUT2D eigenvalue weighted by molar-refractivity contribution is 0.373. The number of hydrogen-bond acceptors (Lipinski definition) is 5. The van der Waals surface area contributed by atoms with Crippen LogP contribution < -0.4 is 4.90 Å². The molecule has 0 unspecified atom stereocenters. The van der Waals surface area contributed by atoms with Crippen LogP contribution in [0.1, 0.15) is 18.7 Å². The third-order valence-corrected chi connectivity index (χ3v) is 4.96. The summed E-state index contributed by atoms with van der Waals surface area (Å²) in [6.45, 7) is 2.55. The van der Waals surface area contributed by atoms with Gasteiger partial charge in [-0.1, -0.05) is 5.16 Å². The maximum absolute atomic E-state index is 13.5. The number of pyridine rings is 1. The zero-order valence-electron chi connectivity index (χ0n) is 14.7. The summed E-state index contributed by atoms with van der Waals surface area (Å²) in [7, 11) is 0. The van der Waals surface area contributed by atoms with Crippen molar-refractivity contribution in [2.24, 2.45) is 0 Å². The quantitative estimate of drug-likeness (QED) is 0.551. The van der Waals surface area contributed by atoms with Crippen LogP contribution >= 0.6 is 0 Å². The molecular weight excluding hydrogens is 345 g/mol. The van der Waals surface area contributed by atoms with Crippen molar-refractivity contribution in [3.8, 4) is 11.5 Å². The fourth-order valence-corrected chi connectivity index (χ4v) is 3.54. The second kappa shape index (κ2) is 6.50. The van der Waals surface area contributed by atoms with E-state index in [-0.39, 0.29) is 5.82 Å². The average molecular weight is 363 g/mol. The van der Waals surface area contributed by atoms with E-state index in [1.54, 1.807) is 6.07 Å². The predicted molar refractivity (Wildman–Crippen MR) is 100.0 cm³/mol. The zero-order valence-corrected chi connectivity index (χ0v) is 14.7. The first-order valence-electron chi connectivity index (χ1n) is 9.05. The third kappa shape index (κ3) is 3.05. The number of hydrogen-bond donors (Lipinski definition) is 0. The molecule has 5 rings (SSSR count). The fraction of sp³-hybridized carbons (Fsp3) is 0.250. The van der Waals surface area contributed by atoms with Gasteiger partial charge in [-0.2, -0.15) is 4.98 Å². The van der Waals surface area contributed by atoms with Crippen molar-refractivity contribution < 1.29 is 8.91 Å². The van der Waals surface area contributed by atoms with Crippen LogP contribution in [0.3, 0.4) is 0 Å². The second-order valence-electron chi connectivity index (χ2n) is 6.75. The lowest BCUT2D eigenvalue weighted by Gasteiger charge is -2.16. The Morgan fingerprint density at radius 1 is 1.07 bits per heavy atom. The maximum atomic E-state index is 13.5. The van der Waals surface area contributed by atoms with E-state index in [1.807, 2.05) is 35.2 Å². The first-order chi connectivity index (χ1) is 13.3. The van der Waals surface area contributed by atoms with E-state index in [2.05, 4.69) is 20.0 Å². The fourth-order valence-electron chi connectivity index (χ4n) is 3.54. The van der Waals surface area contributed by atoms with Crippen molar-refractivity contribution in [2.75, 3.05) is 18.0 Å². The highest BCUT2D eigenvalue weighted by molar-refractivity contribution is 5.80. The number of fused-ring (bicyclic) bond motifs is 1. The van der Waals surface area contributed by atoms with Gasteiger partial charge in [0.15, 0.2) is 0 Å². The topological polar surface area (TPSA) is 60.0 Å². The van der Waals surface area contributed by atoms with Crippen LogP contribution in [0.25, 0.3) is 22.4 Å². The highest BCUT2D eigenvalue weighted by atomic mass is 19.1. The maximum Gasteiger partial charge on any atom is 0.246 e. The van der Waals surface area contributed by atoms with Crippen molar-refractivity contribution in [1.82, 2.24) is 19.7 Å². The predicted octanol–water partition coefficient (Wildman–Crippen LogP) is 3.87. The minimum Gasteiger partial charge on any atom is -0.370 e. The van der Waals surface area contributed by atoms with E-state index in [9.17, 15) is 4.39 Å². The molecule has 1 aromatic carbocycles. The molecule has 0 spiro atoms. The van der Waals surface area contributed by atoms with E-state index < -0.39 is 0 Å². The summed E-state index contributed by atoms with van der Waals surface area (Å²) in [6, 6.07) is 10.6. The number of anilines is 1. The van der Waals surface area contributed by atoms with Crippen LogP contribution in [0.2, 0.25) is 0 Å². The van der Waals surface area contributed by atoms with Gasteiger partial charge in [-0.05, 0) is 54.6 Å². The van der Waals surface area contributed by atoms with Gasteiger partial charge in [0, 0.05) is 19.3 Å². The van der Waals surface area contributed by atoms with Crippen molar-refractivity contribution in [2.45, 2.75) is 19.4 Å². The Labute approximate surface area is 155 Å². The van der Waals surface area contributed by atoms with E-state index in [1.165, 1.54) is 25.0 Å². The van der Waals surface area contributed by atoms with Gasteiger partial charge in [-0.15, -0.1) is 0 Å². The van der Waals surface area contributed by atoms with Crippen LogP contribution in [0.15, 0.2) is 53.3 Å². The second-order valence-corrected chi connectivity index (χ2v) is 6.75. The molecular formula is C20H18FN5O. The first kappa shape index (κ1) is 16.0.